The van der Waals surface area contributed by atoms with E-state index in [2.05, 4.69) is 406 Å². The topological polar surface area (TPSA) is 165 Å². The minimum atomic E-state index is -0.0590. The Hall–Kier alpha value is -5.74. The lowest BCUT2D eigenvalue weighted by molar-refractivity contribution is 0.331. The molecule has 7 heterocycles. The first-order valence-electron chi connectivity index (χ1n) is 43.6. The second kappa shape index (κ2) is 82.9. The molecule has 14 nitrogen and oxygen atoms in total. The Morgan fingerprint density at radius 1 is 0.336 bits per heavy atom. The number of nitrogens with zero attached hydrogens (tertiary/aromatic N) is 12. The van der Waals surface area contributed by atoms with Crippen molar-refractivity contribution in [1.29, 1.82) is 0 Å². The molecule has 1 aromatic carbocycles. The molecule has 686 valence electrons. The van der Waals surface area contributed by atoms with Gasteiger partial charge >= 0.3 is 0 Å². The largest absolute Gasteiger partial charge is 0.424 e. The van der Waals surface area contributed by atoms with E-state index in [0.29, 0.717) is 28.7 Å². The number of pyridine rings is 1. The van der Waals surface area contributed by atoms with Crippen LogP contribution in [-0.4, -0.2) is 60.1 Å². The van der Waals surface area contributed by atoms with Gasteiger partial charge in [-0.3, -0.25) is 9.97 Å². The highest BCUT2D eigenvalue weighted by Crippen LogP contribution is 2.32. The molecule has 0 fully saturated rings. The third kappa shape index (κ3) is 140. The Balaban J connectivity index is -0.0000000897. The zero-order valence-electron chi connectivity index (χ0n) is 88.2. The minimum absolute atomic E-state index is 0.0145. The Morgan fingerprint density at radius 2 is 0.638 bits per heavy atom. The molecule has 0 radical (unpaired) electrons. The van der Waals surface area contributed by atoms with Crippen molar-refractivity contribution in [2.75, 3.05) is 0 Å². The quantitative estimate of drug-likeness (QED) is 0.153. The van der Waals surface area contributed by atoms with Gasteiger partial charge in [0.2, 0.25) is 11.8 Å². The van der Waals surface area contributed by atoms with Gasteiger partial charge in [-0.05, 0) is 112 Å². The number of hydrogen-bond donors (Lipinski definition) is 0. The van der Waals surface area contributed by atoms with Crippen molar-refractivity contribution in [2.24, 2.45) is 52.3 Å². The van der Waals surface area contributed by atoms with E-state index in [4.69, 9.17) is 4.42 Å². The van der Waals surface area contributed by atoms with Crippen LogP contribution in [0, 0.1) is 59.2 Å². The van der Waals surface area contributed by atoms with Gasteiger partial charge in [0, 0.05) is 69.5 Å². The van der Waals surface area contributed by atoms with Crippen LogP contribution in [0.1, 0.15) is 434 Å². The highest BCUT2D eigenvalue weighted by atomic mass is 32.1. The lowest BCUT2D eigenvalue weighted by Crippen LogP contribution is -2.25. The fourth-order valence-electron chi connectivity index (χ4n) is 4.94. The normalized spacial score (nSPS) is 10.3. The summed E-state index contributed by atoms with van der Waals surface area (Å²) in [4.78, 5) is 11.4. The fraction of sp³-hybridized carbons (Fsp3) is 0.740. The van der Waals surface area contributed by atoms with E-state index >= 15 is 0 Å². The number of hydrogen-bond acceptors (Lipinski definition) is 14. The monoisotopic (exact) mass is 1670 g/mol. The van der Waals surface area contributed by atoms with Crippen molar-refractivity contribution in [3.05, 3.63) is 155 Å². The van der Waals surface area contributed by atoms with Crippen molar-refractivity contribution in [2.45, 2.75) is 440 Å². The molecule has 0 N–H and O–H groups in total. The summed E-state index contributed by atoms with van der Waals surface area (Å²) in [6.07, 6.45) is 13.9. The molecule has 0 spiro atoms. The summed E-state index contributed by atoms with van der Waals surface area (Å²) in [6.45, 7) is 124. The predicted octanol–water partition coefficient (Wildman–Crippen LogP) is 34.3. The first-order valence-corrected chi connectivity index (χ1v) is 45.4. The standard InChI is InChI=1S/C11H21N3.C10H18N2O.C10H18N2S.C6H10N2.C6H6.C5H5N.2C5H12.7C4H10.C3H3NO.C3H3NS.4C2H6/c1-8-9(10(2,3)4)12-13-14(8)11(5,6)7;2*1-9(2,3)7-11-12-8(13-7)10(4,5)6;1-6(2)8-4-3-7-5-8;2*1-2-4-6-5-3-1;2*1-5(2,3)4;7*1-4(2)3;1-2-4-5-3-1;1-2-5-3-4-1;4*1-2/h1-7H3;2*1-6H3;3-6H,1-2H3;1-6H;1-5H;2*1-4H3;7*4H,1-3H3;2*1-3H;4*1-2H3. The molecule has 0 aliphatic heterocycles. The van der Waals surface area contributed by atoms with E-state index in [1.807, 2.05) is 133 Å². The average molecular weight is 1670 g/mol. The highest BCUT2D eigenvalue weighted by molar-refractivity contribution is 7.11. The van der Waals surface area contributed by atoms with Gasteiger partial charge in [0.1, 0.15) is 16.3 Å². The molecular weight excluding hydrogens is 1470 g/mol. The smallest absolute Gasteiger partial charge is 0.221 e. The Labute approximate surface area is 734 Å². The fourth-order valence-corrected chi connectivity index (χ4v) is 6.25. The maximum absolute atomic E-state index is 5.59. The molecule has 116 heavy (non-hydrogen) atoms. The van der Waals surface area contributed by atoms with Crippen LogP contribution in [0.5, 0.6) is 0 Å². The number of rotatable bonds is 1. The molecule has 0 saturated carbocycles. The molecule has 8 rings (SSSR count). The van der Waals surface area contributed by atoms with E-state index < -0.39 is 0 Å². The number of benzene rings is 1. The number of thiazole rings is 1. The maximum Gasteiger partial charge on any atom is 0.221 e. The zero-order chi connectivity index (χ0) is 95.3. The van der Waals surface area contributed by atoms with Crippen LogP contribution in [0.3, 0.4) is 0 Å². The Bertz CT molecular complexity index is 2590. The highest BCUT2D eigenvalue weighted by Gasteiger charge is 2.28. The second-order valence-corrected chi connectivity index (χ2v) is 42.2. The van der Waals surface area contributed by atoms with Gasteiger partial charge in [0.25, 0.3) is 0 Å². The van der Waals surface area contributed by atoms with Gasteiger partial charge in [-0.2, -0.15) is 0 Å². The van der Waals surface area contributed by atoms with Crippen LogP contribution < -0.4 is 0 Å². The molecule has 0 amide bonds. The van der Waals surface area contributed by atoms with Crippen molar-refractivity contribution in [3.63, 3.8) is 0 Å². The third-order valence-electron chi connectivity index (χ3n) is 8.71. The van der Waals surface area contributed by atoms with Crippen molar-refractivity contribution < 1.29 is 8.94 Å². The van der Waals surface area contributed by atoms with Gasteiger partial charge in [0.05, 0.1) is 35.0 Å². The molecule has 0 atom stereocenters. The van der Waals surface area contributed by atoms with E-state index in [-0.39, 0.29) is 32.6 Å². The molecular formula is C100H202N12O2S2. The van der Waals surface area contributed by atoms with Crippen molar-refractivity contribution in [1.82, 2.24) is 60.1 Å². The third-order valence-corrected chi connectivity index (χ3v) is 11.0. The molecule has 7 aromatic heterocycles. The van der Waals surface area contributed by atoms with Crippen molar-refractivity contribution >= 4 is 22.7 Å². The first-order chi connectivity index (χ1) is 52.5. The Morgan fingerprint density at radius 3 is 0.750 bits per heavy atom. The lowest BCUT2D eigenvalue weighted by atomic mass is 9.91. The van der Waals surface area contributed by atoms with E-state index in [1.165, 1.54) is 12.0 Å². The first kappa shape index (κ1) is 139. The number of aromatic nitrogens is 12. The Kier molecular flexibility index (Phi) is 99.5. The average Bonchev–Trinajstić information content (AvgIpc) is 1.66. The van der Waals surface area contributed by atoms with Crippen LogP contribution in [-0.2, 0) is 32.6 Å². The minimum Gasteiger partial charge on any atom is -0.424 e. The van der Waals surface area contributed by atoms with Gasteiger partial charge in [-0.15, -0.1) is 48.2 Å². The summed E-state index contributed by atoms with van der Waals surface area (Å²) in [6, 6.07) is 20.0. The maximum atomic E-state index is 5.59. The molecule has 0 aliphatic carbocycles. The lowest BCUT2D eigenvalue weighted by Gasteiger charge is -2.22. The summed E-state index contributed by atoms with van der Waals surface area (Å²) >= 11 is 3.33. The van der Waals surface area contributed by atoms with Crippen LogP contribution in [0.2, 0.25) is 0 Å². The van der Waals surface area contributed by atoms with E-state index in [9.17, 15) is 0 Å². The van der Waals surface area contributed by atoms with E-state index in [0.717, 1.165) is 57.1 Å². The summed E-state index contributed by atoms with van der Waals surface area (Å²) < 4.78 is 14.0. The SMILES string of the molecule is CC.CC.CC.CC.CC(C)(C)C.CC(C)(C)C.CC(C)(C)c1nnc(C(C)(C)C)o1.CC(C)(C)c1nnc(C(C)(C)C)s1.CC(C)C.CC(C)C.CC(C)C.CC(C)C.CC(C)C.CC(C)C.CC(C)C.CC(C)n1ccnc1.Cc1c(C(C)(C)C)nnn1C(C)(C)C.c1ccccc1.c1ccncc1.c1cnoc1.c1cscn1. The van der Waals surface area contributed by atoms with E-state index in [1.54, 1.807) is 65.2 Å². The molecule has 0 aliphatic rings. The number of imidazole rings is 1. The van der Waals surface area contributed by atoms with Crippen LogP contribution in [0.25, 0.3) is 0 Å². The summed E-state index contributed by atoms with van der Waals surface area (Å²) in [5, 5.41) is 32.5. The van der Waals surface area contributed by atoms with Gasteiger partial charge < -0.3 is 13.5 Å². The molecule has 0 saturated heterocycles. The van der Waals surface area contributed by atoms with Crippen LogP contribution in [0.15, 0.2) is 130 Å². The summed E-state index contributed by atoms with van der Waals surface area (Å²) in [5.74, 6) is 7.25. The van der Waals surface area contributed by atoms with Crippen LogP contribution >= 0.6 is 22.7 Å². The van der Waals surface area contributed by atoms with Crippen LogP contribution in [0.4, 0.5) is 0 Å². The summed E-state index contributed by atoms with van der Waals surface area (Å²) in [5.41, 5.74) is 5.28. The zero-order valence-corrected chi connectivity index (χ0v) is 89.8. The van der Waals surface area contributed by atoms with Gasteiger partial charge in [-0.25, -0.2) is 9.67 Å². The molecule has 0 bridgehead atoms. The molecule has 16 heteroatoms. The van der Waals surface area contributed by atoms with Crippen molar-refractivity contribution in [3.8, 4) is 0 Å². The predicted molar refractivity (Wildman–Crippen MR) is 529 cm³/mol. The van der Waals surface area contributed by atoms with Gasteiger partial charge in [0.15, 0.2) is 0 Å². The summed E-state index contributed by atoms with van der Waals surface area (Å²) in [7, 11) is 0. The second-order valence-electron chi connectivity index (χ2n) is 40.5. The van der Waals surface area contributed by atoms with Gasteiger partial charge in [-0.1, -0.05) is 413 Å². The molecule has 8 aromatic rings. The molecule has 0 unspecified atom stereocenters.